The molecule has 1 aromatic carbocycles. The third kappa shape index (κ3) is 1.40. The third-order valence-electron chi connectivity index (χ3n) is 2.76. The molecule has 1 atom stereocenters. The molecule has 0 bridgehead atoms. The Balaban J connectivity index is 2.54. The van der Waals surface area contributed by atoms with Gasteiger partial charge in [-0.25, -0.2) is 0 Å². The van der Waals surface area contributed by atoms with Gasteiger partial charge < -0.3 is 5.32 Å². The molecule has 1 nitrogen and oxygen atoms in total. The number of fused-ring (bicyclic) bond motifs is 1. The Labute approximate surface area is 79.5 Å². The smallest absolute Gasteiger partial charge is 0.0294 e. The van der Waals surface area contributed by atoms with Crippen LogP contribution in [0.3, 0.4) is 0 Å². The van der Waals surface area contributed by atoms with Gasteiger partial charge in [0.1, 0.15) is 0 Å². The van der Waals surface area contributed by atoms with Gasteiger partial charge in [-0.15, -0.1) is 0 Å². The fourth-order valence-electron chi connectivity index (χ4n) is 2.03. The van der Waals surface area contributed by atoms with Crippen LogP contribution in [0.25, 0.3) is 6.08 Å². The van der Waals surface area contributed by atoms with Crippen molar-refractivity contribution in [3.05, 3.63) is 41.5 Å². The summed E-state index contributed by atoms with van der Waals surface area (Å²) < 4.78 is 0. The quantitative estimate of drug-likeness (QED) is 0.688. The molecule has 1 aromatic rings. The van der Waals surface area contributed by atoms with Gasteiger partial charge in [0.15, 0.2) is 0 Å². The zero-order valence-electron chi connectivity index (χ0n) is 8.01. The van der Waals surface area contributed by atoms with Gasteiger partial charge in [-0.1, -0.05) is 30.9 Å². The van der Waals surface area contributed by atoms with Crippen molar-refractivity contribution in [2.24, 2.45) is 0 Å². The number of rotatable bonds is 1. The summed E-state index contributed by atoms with van der Waals surface area (Å²) in [5, 5.41) is 3.46. The maximum Gasteiger partial charge on any atom is 0.0294 e. The summed E-state index contributed by atoms with van der Waals surface area (Å²) in [6, 6.07) is 6.95. The van der Waals surface area contributed by atoms with Crippen molar-refractivity contribution in [2.45, 2.75) is 19.4 Å². The Kier molecular flexibility index (Phi) is 2.19. The minimum atomic E-state index is 0.489. The van der Waals surface area contributed by atoms with Gasteiger partial charge in [0.05, 0.1) is 0 Å². The van der Waals surface area contributed by atoms with E-state index in [1.807, 2.05) is 6.08 Å². The molecular formula is C12H15N. The summed E-state index contributed by atoms with van der Waals surface area (Å²) in [5.41, 5.74) is 4.21. The van der Waals surface area contributed by atoms with Gasteiger partial charge in [0.25, 0.3) is 0 Å². The van der Waals surface area contributed by atoms with E-state index in [0.29, 0.717) is 6.04 Å². The van der Waals surface area contributed by atoms with E-state index < -0.39 is 0 Å². The highest BCUT2D eigenvalue weighted by atomic mass is 14.9. The minimum absolute atomic E-state index is 0.489. The second kappa shape index (κ2) is 3.35. The standard InChI is InChI=1S/C12H15N/c1-3-10-5-4-6-11-9(2)13-8-7-12(10)11/h3-6,9,13H,1,7-8H2,2H3. The molecule has 1 aliphatic rings. The predicted molar refractivity (Wildman–Crippen MR) is 56.7 cm³/mol. The number of hydrogen-bond donors (Lipinski definition) is 1. The first-order valence-corrected chi connectivity index (χ1v) is 4.80. The van der Waals surface area contributed by atoms with Gasteiger partial charge in [-0.05, 0) is 36.6 Å². The van der Waals surface area contributed by atoms with E-state index in [2.05, 4.69) is 37.0 Å². The molecule has 1 heteroatoms. The molecule has 0 fully saturated rings. The Bertz CT molecular complexity index is 328. The average molecular weight is 173 g/mol. The number of nitrogens with one attached hydrogen (secondary N) is 1. The Morgan fingerprint density at radius 3 is 3.15 bits per heavy atom. The topological polar surface area (TPSA) is 12.0 Å². The molecule has 1 aliphatic heterocycles. The van der Waals surface area contributed by atoms with Crippen LogP contribution in [0, 0.1) is 0 Å². The molecule has 0 aromatic heterocycles. The van der Waals surface area contributed by atoms with Gasteiger partial charge in [0, 0.05) is 6.04 Å². The zero-order chi connectivity index (χ0) is 9.26. The van der Waals surface area contributed by atoms with Crippen LogP contribution < -0.4 is 5.32 Å². The third-order valence-corrected chi connectivity index (χ3v) is 2.76. The van der Waals surface area contributed by atoms with Gasteiger partial charge in [-0.3, -0.25) is 0 Å². The Morgan fingerprint density at radius 2 is 2.38 bits per heavy atom. The first kappa shape index (κ1) is 8.52. The van der Waals surface area contributed by atoms with Crippen LogP contribution in [-0.2, 0) is 6.42 Å². The van der Waals surface area contributed by atoms with E-state index in [9.17, 15) is 0 Å². The van der Waals surface area contributed by atoms with E-state index in [4.69, 9.17) is 0 Å². The number of hydrogen-bond acceptors (Lipinski definition) is 1. The lowest BCUT2D eigenvalue weighted by molar-refractivity contribution is 0.540. The van der Waals surface area contributed by atoms with Crippen LogP contribution in [0.5, 0.6) is 0 Å². The summed E-state index contributed by atoms with van der Waals surface area (Å²) in [5.74, 6) is 0. The molecule has 2 rings (SSSR count). The van der Waals surface area contributed by atoms with Crippen LogP contribution >= 0.6 is 0 Å². The fourth-order valence-corrected chi connectivity index (χ4v) is 2.03. The van der Waals surface area contributed by atoms with Crippen molar-refractivity contribution in [3.8, 4) is 0 Å². The lowest BCUT2D eigenvalue weighted by Gasteiger charge is -2.25. The summed E-state index contributed by atoms with van der Waals surface area (Å²) in [7, 11) is 0. The molecule has 0 radical (unpaired) electrons. The summed E-state index contributed by atoms with van der Waals surface area (Å²) in [6.07, 6.45) is 3.08. The van der Waals surface area contributed by atoms with Crippen molar-refractivity contribution >= 4 is 6.08 Å². The van der Waals surface area contributed by atoms with Crippen molar-refractivity contribution in [2.75, 3.05) is 6.54 Å². The maximum absolute atomic E-state index is 3.84. The van der Waals surface area contributed by atoms with Crippen LogP contribution in [0.2, 0.25) is 0 Å². The highest BCUT2D eigenvalue weighted by molar-refractivity contribution is 5.55. The molecule has 13 heavy (non-hydrogen) atoms. The normalized spacial score (nSPS) is 20.8. The number of benzene rings is 1. The van der Waals surface area contributed by atoms with E-state index in [0.717, 1.165) is 13.0 Å². The lowest BCUT2D eigenvalue weighted by atomic mass is 9.91. The molecular weight excluding hydrogens is 158 g/mol. The fraction of sp³-hybridized carbons (Fsp3) is 0.333. The van der Waals surface area contributed by atoms with Crippen LogP contribution in [0.15, 0.2) is 24.8 Å². The Hall–Kier alpha value is -1.08. The van der Waals surface area contributed by atoms with E-state index in [1.165, 1.54) is 16.7 Å². The maximum atomic E-state index is 3.84. The van der Waals surface area contributed by atoms with Crippen molar-refractivity contribution < 1.29 is 0 Å². The molecule has 1 N–H and O–H groups in total. The van der Waals surface area contributed by atoms with Crippen LogP contribution in [-0.4, -0.2) is 6.54 Å². The second-order valence-electron chi connectivity index (χ2n) is 3.54. The molecule has 68 valence electrons. The van der Waals surface area contributed by atoms with Gasteiger partial charge in [0.2, 0.25) is 0 Å². The largest absolute Gasteiger partial charge is 0.310 e. The van der Waals surface area contributed by atoms with E-state index >= 15 is 0 Å². The second-order valence-corrected chi connectivity index (χ2v) is 3.54. The molecule has 0 saturated heterocycles. The summed E-state index contributed by atoms with van der Waals surface area (Å²) >= 11 is 0. The van der Waals surface area contributed by atoms with Gasteiger partial charge in [-0.2, -0.15) is 0 Å². The van der Waals surface area contributed by atoms with Crippen LogP contribution in [0.1, 0.15) is 29.7 Å². The minimum Gasteiger partial charge on any atom is -0.310 e. The average Bonchev–Trinajstić information content (AvgIpc) is 2.18. The van der Waals surface area contributed by atoms with E-state index in [-0.39, 0.29) is 0 Å². The molecule has 0 amide bonds. The molecule has 0 saturated carbocycles. The monoisotopic (exact) mass is 173 g/mol. The zero-order valence-corrected chi connectivity index (χ0v) is 8.01. The SMILES string of the molecule is C=Cc1cccc2c1CCNC2C. The highest BCUT2D eigenvalue weighted by Crippen LogP contribution is 2.25. The van der Waals surface area contributed by atoms with E-state index in [1.54, 1.807) is 0 Å². The first-order chi connectivity index (χ1) is 6.33. The molecule has 1 heterocycles. The highest BCUT2D eigenvalue weighted by Gasteiger charge is 2.16. The van der Waals surface area contributed by atoms with Crippen molar-refractivity contribution in [3.63, 3.8) is 0 Å². The van der Waals surface area contributed by atoms with Crippen molar-refractivity contribution in [1.82, 2.24) is 5.32 Å². The Morgan fingerprint density at radius 1 is 1.54 bits per heavy atom. The summed E-state index contributed by atoms with van der Waals surface area (Å²) in [6.45, 7) is 7.14. The van der Waals surface area contributed by atoms with Crippen molar-refractivity contribution in [1.29, 1.82) is 0 Å². The summed E-state index contributed by atoms with van der Waals surface area (Å²) in [4.78, 5) is 0. The molecule has 0 spiro atoms. The molecule has 1 unspecified atom stereocenters. The molecule has 0 aliphatic carbocycles. The lowest BCUT2D eigenvalue weighted by Crippen LogP contribution is -2.28. The van der Waals surface area contributed by atoms with Crippen LogP contribution in [0.4, 0.5) is 0 Å². The first-order valence-electron chi connectivity index (χ1n) is 4.80. The predicted octanol–water partition coefficient (Wildman–Crippen LogP) is 2.54. The van der Waals surface area contributed by atoms with Gasteiger partial charge >= 0.3 is 0 Å².